The average molecular weight is 200 g/mol. The Morgan fingerprint density at radius 1 is 1.54 bits per heavy atom. The third-order valence-corrected chi connectivity index (χ3v) is 2.07. The fourth-order valence-electron chi connectivity index (χ4n) is 0.983. The summed E-state index contributed by atoms with van der Waals surface area (Å²) >= 11 is 5.83. The van der Waals surface area contributed by atoms with Crippen LogP contribution in [0.4, 0.5) is 10.5 Å². The number of anilines is 1. The van der Waals surface area contributed by atoms with E-state index >= 15 is 0 Å². The highest BCUT2D eigenvalue weighted by molar-refractivity contribution is 6.33. The Morgan fingerprint density at radius 3 is 2.69 bits per heavy atom. The molecule has 0 atom stereocenters. The lowest BCUT2D eigenvalue weighted by atomic mass is 10.2. The zero-order chi connectivity index (χ0) is 10.0. The van der Waals surface area contributed by atoms with E-state index in [1.165, 1.54) is 7.05 Å². The Hall–Kier alpha value is -1.22. The second-order valence-electron chi connectivity index (χ2n) is 2.80. The van der Waals surface area contributed by atoms with E-state index in [0.717, 1.165) is 10.5 Å². The molecular weight excluding hydrogens is 190 g/mol. The molecule has 1 N–H and O–H groups in total. The minimum Gasteiger partial charge on any atom is -0.465 e. The fraction of sp³-hybridized carbons (Fsp3) is 0.222. The summed E-state index contributed by atoms with van der Waals surface area (Å²) in [6.07, 6.45) is -1.02. The van der Waals surface area contributed by atoms with E-state index in [-0.39, 0.29) is 0 Å². The molecule has 0 aliphatic carbocycles. The van der Waals surface area contributed by atoms with E-state index in [2.05, 4.69) is 0 Å². The van der Waals surface area contributed by atoms with Crippen LogP contribution in [0.15, 0.2) is 18.2 Å². The van der Waals surface area contributed by atoms with Crippen molar-refractivity contribution in [1.29, 1.82) is 0 Å². The minimum atomic E-state index is -1.02. The molecule has 0 radical (unpaired) electrons. The van der Waals surface area contributed by atoms with Crippen LogP contribution in [0.5, 0.6) is 0 Å². The quantitative estimate of drug-likeness (QED) is 0.756. The SMILES string of the molecule is Cc1ccc(Cl)c(N(C)C(=O)O)c1. The second kappa shape index (κ2) is 3.66. The van der Waals surface area contributed by atoms with Gasteiger partial charge in [0.15, 0.2) is 0 Å². The van der Waals surface area contributed by atoms with Crippen LogP contribution >= 0.6 is 11.6 Å². The zero-order valence-corrected chi connectivity index (χ0v) is 8.17. The van der Waals surface area contributed by atoms with Gasteiger partial charge in [-0.15, -0.1) is 0 Å². The number of carbonyl (C=O) groups is 1. The number of hydrogen-bond acceptors (Lipinski definition) is 1. The van der Waals surface area contributed by atoms with Gasteiger partial charge in [-0.25, -0.2) is 4.79 Å². The van der Waals surface area contributed by atoms with Crippen LogP contribution in [0.1, 0.15) is 5.56 Å². The van der Waals surface area contributed by atoms with Crippen LogP contribution in [0.25, 0.3) is 0 Å². The monoisotopic (exact) mass is 199 g/mol. The van der Waals surface area contributed by atoms with Crippen LogP contribution < -0.4 is 4.90 Å². The predicted molar refractivity (Wildman–Crippen MR) is 52.6 cm³/mol. The number of rotatable bonds is 1. The van der Waals surface area contributed by atoms with Crippen molar-refractivity contribution in [2.75, 3.05) is 11.9 Å². The number of aryl methyl sites for hydroxylation is 1. The molecule has 0 heterocycles. The normalized spacial score (nSPS) is 9.77. The number of nitrogens with zero attached hydrogens (tertiary/aromatic N) is 1. The smallest absolute Gasteiger partial charge is 0.411 e. The van der Waals surface area contributed by atoms with Crippen LogP contribution in [0.2, 0.25) is 5.02 Å². The summed E-state index contributed by atoms with van der Waals surface area (Å²) in [6, 6.07) is 5.25. The minimum absolute atomic E-state index is 0.440. The highest BCUT2D eigenvalue weighted by atomic mass is 35.5. The number of hydrogen-bond donors (Lipinski definition) is 1. The largest absolute Gasteiger partial charge is 0.465 e. The summed E-state index contributed by atoms with van der Waals surface area (Å²) in [5.74, 6) is 0. The van der Waals surface area contributed by atoms with Gasteiger partial charge >= 0.3 is 6.09 Å². The molecule has 1 aromatic carbocycles. The van der Waals surface area contributed by atoms with Crippen molar-refractivity contribution in [3.63, 3.8) is 0 Å². The molecule has 0 bridgehead atoms. The van der Waals surface area contributed by atoms with Gasteiger partial charge in [-0.1, -0.05) is 17.7 Å². The fourth-order valence-corrected chi connectivity index (χ4v) is 1.23. The predicted octanol–water partition coefficient (Wildman–Crippen LogP) is 2.76. The van der Waals surface area contributed by atoms with E-state index in [4.69, 9.17) is 16.7 Å². The summed E-state index contributed by atoms with van der Waals surface area (Å²) in [4.78, 5) is 11.7. The van der Waals surface area contributed by atoms with E-state index in [0.29, 0.717) is 10.7 Å². The van der Waals surface area contributed by atoms with Gasteiger partial charge in [0.05, 0.1) is 10.7 Å². The van der Waals surface area contributed by atoms with Gasteiger partial charge < -0.3 is 5.11 Å². The molecule has 0 saturated carbocycles. The average Bonchev–Trinajstić information content (AvgIpc) is 2.08. The van der Waals surface area contributed by atoms with E-state index in [1.54, 1.807) is 12.1 Å². The van der Waals surface area contributed by atoms with Gasteiger partial charge in [-0.2, -0.15) is 0 Å². The summed E-state index contributed by atoms with van der Waals surface area (Å²) < 4.78 is 0. The van der Waals surface area contributed by atoms with Crippen molar-refractivity contribution in [2.45, 2.75) is 6.92 Å². The second-order valence-corrected chi connectivity index (χ2v) is 3.20. The number of carboxylic acid groups (broad SMARTS) is 1. The number of benzene rings is 1. The molecule has 4 heteroatoms. The highest BCUT2D eigenvalue weighted by Gasteiger charge is 2.11. The molecule has 0 fully saturated rings. The lowest BCUT2D eigenvalue weighted by molar-refractivity contribution is 0.203. The molecule has 0 saturated heterocycles. The van der Waals surface area contributed by atoms with Crippen molar-refractivity contribution in [3.05, 3.63) is 28.8 Å². The first-order chi connectivity index (χ1) is 6.02. The Bertz CT molecular complexity index is 338. The lowest BCUT2D eigenvalue weighted by Crippen LogP contribution is -2.24. The molecule has 0 aliphatic rings. The Labute approximate surface area is 81.5 Å². The van der Waals surface area contributed by atoms with Crippen LogP contribution in [-0.2, 0) is 0 Å². The first kappa shape index (κ1) is 9.86. The Balaban J connectivity index is 3.12. The molecule has 1 rings (SSSR count). The van der Waals surface area contributed by atoms with Crippen molar-refractivity contribution in [1.82, 2.24) is 0 Å². The van der Waals surface area contributed by atoms with Gasteiger partial charge in [0.2, 0.25) is 0 Å². The first-order valence-corrected chi connectivity index (χ1v) is 4.13. The van der Waals surface area contributed by atoms with Crippen molar-refractivity contribution < 1.29 is 9.90 Å². The van der Waals surface area contributed by atoms with Gasteiger partial charge in [0, 0.05) is 7.05 Å². The van der Waals surface area contributed by atoms with Crippen LogP contribution in [0.3, 0.4) is 0 Å². The molecule has 70 valence electrons. The molecule has 0 aromatic heterocycles. The van der Waals surface area contributed by atoms with Gasteiger partial charge in [0.25, 0.3) is 0 Å². The molecule has 3 nitrogen and oxygen atoms in total. The maximum Gasteiger partial charge on any atom is 0.411 e. The third kappa shape index (κ3) is 2.12. The molecule has 0 aliphatic heterocycles. The topological polar surface area (TPSA) is 40.5 Å². The van der Waals surface area contributed by atoms with Crippen LogP contribution in [-0.4, -0.2) is 18.2 Å². The van der Waals surface area contributed by atoms with Gasteiger partial charge in [0.1, 0.15) is 0 Å². The Morgan fingerprint density at radius 2 is 2.15 bits per heavy atom. The maximum absolute atomic E-state index is 10.6. The molecule has 0 unspecified atom stereocenters. The van der Waals surface area contributed by atoms with Gasteiger partial charge in [-0.05, 0) is 24.6 Å². The summed E-state index contributed by atoms with van der Waals surface area (Å²) in [5.41, 5.74) is 1.49. The summed E-state index contributed by atoms with van der Waals surface area (Å²) in [6.45, 7) is 1.88. The van der Waals surface area contributed by atoms with E-state index in [1.807, 2.05) is 13.0 Å². The maximum atomic E-state index is 10.6. The molecule has 13 heavy (non-hydrogen) atoms. The Kier molecular flexibility index (Phi) is 2.78. The highest BCUT2D eigenvalue weighted by Crippen LogP contribution is 2.25. The molecule has 0 spiro atoms. The third-order valence-electron chi connectivity index (χ3n) is 1.75. The van der Waals surface area contributed by atoms with Crippen LogP contribution in [0, 0.1) is 6.92 Å². The van der Waals surface area contributed by atoms with Crippen molar-refractivity contribution in [3.8, 4) is 0 Å². The van der Waals surface area contributed by atoms with Gasteiger partial charge in [-0.3, -0.25) is 4.90 Å². The van der Waals surface area contributed by atoms with E-state index < -0.39 is 6.09 Å². The number of amides is 1. The lowest BCUT2D eigenvalue weighted by Gasteiger charge is -2.14. The molecular formula is C9H10ClNO2. The molecule has 1 amide bonds. The molecule has 1 aromatic rings. The summed E-state index contributed by atoms with van der Waals surface area (Å²) in [7, 11) is 1.46. The first-order valence-electron chi connectivity index (χ1n) is 3.75. The number of halogens is 1. The summed E-state index contributed by atoms with van der Waals surface area (Å²) in [5, 5.41) is 9.16. The standard InChI is InChI=1S/C9H10ClNO2/c1-6-3-4-7(10)8(5-6)11(2)9(12)13/h3-5H,1-2H3,(H,12,13). The van der Waals surface area contributed by atoms with Crippen molar-refractivity contribution in [2.24, 2.45) is 0 Å². The van der Waals surface area contributed by atoms with E-state index in [9.17, 15) is 4.79 Å². The zero-order valence-electron chi connectivity index (χ0n) is 7.41. The van der Waals surface area contributed by atoms with Crippen molar-refractivity contribution >= 4 is 23.4 Å².